The van der Waals surface area contributed by atoms with Crippen molar-refractivity contribution >= 4 is 0 Å². The molecule has 0 atom stereocenters. The van der Waals surface area contributed by atoms with Crippen molar-refractivity contribution in [2.24, 2.45) is 16.2 Å². The van der Waals surface area contributed by atoms with Crippen molar-refractivity contribution in [3.8, 4) is 0 Å². The van der Waals surface area contributed by atoms with E-state index in [0.29, 0.717) is 10.8 Å². The molecular weight excluding hydrogens is 120 g/mol. The lowest BCUT2D eigenvalue weighted by Crippen LogP contribution is -2.35. The van der Waals surface area contributed by atoms with Gasteiger partial charge < -0.3 is 0 Å². The number of hydrogen-bond acceptors (Lipinski definition) is 0. The Morgan fingerprint density at radius 3 is 1.30 bits per heavy atom. The second kappa shape index (κ2) is 1.31. The van der Waals surface area contributed by atoms with Crippen LogP contribution >= 0.6 is 0 Å². The highest BCUT2D eigenvalue weighted by atomic mass is 14.7. The van der Waals surface area contributed by atoms with E-state index in [4.69, 9.17) is 0 Å². The minimum absolute atomic E-state index is 0.674. The molecule has 0 heteroatoms. The van der Waals surface area contributed by atoms with E-state index >= 15 is 0 Å². The van der Waals surface area contributed by atoms with E-state index in [-0.39, 0.29) is 0 Å². The average Bonchev–Trinajstić information content (AvgIpc) is 2.01. The Morgan fingerprint density at radius 1 is 0.800 bits per heavy atom. The highest BCUT2D eigenvalue weighted by molar-refractivity contribution is 5.18. The average molecular weight is 138 g/mol. The zero-order chi connectivity index (χ0) is 7.62. The molecule has 58 valence electrons. The van der Waals surface area contributed by atoms with Crippen molar-refractivity contribution in [2.45, 2.75) is 47.0 Å². The van der Waals surface area contributed by atoms with E-state index in [1.54, 1.807) is 0 Å². The van der Waals surface area contributed by atoms with E-state index in [1.165, 1.54) is 19.3 Å². The van der Waals surface area contributed by atoms with Crippen molar-refractivity contribution in [1.82, 2.24) is 0 Å². The Morgan fingerprint density at radius 2 is 1.20 bits per heavy atom. The molecule has 0 amide bonds. The summed E-state index contributed by atoms with van der Waals surface area (Å²) >= 11 is 0. The molecule has 0 heterocycles. The maximum absolute atomic E-state index is 2.42. The van der Waals surface area contributed by atoms with E-state index in [1.807, 2.05) is 0 Å². The molecule has 2 rings (SSSR count). The Hall–Kier alpha value is 0. The highest BCUT2D eigenvalue weighted by Gasteiger charge is 2.68. The quantitative estimate of drug-likeness (QED) is 0.482. The second-order valence-electron chi connectivity index (χ2n) is 5.86. The van der Waals surface area contributed by atoms with Crippen LogP contribution in [0.1, 0.15) is 47.0 Å². The molecule has 2 aliphatic carbocycles. The minimum Gasteiger partial charge on any atom is -0.0599 e. The van der Waals surface area contributed by atoms with Crippen LogP contribution in [-0.2, 0) is 0 Å². The Labute approximate surface area is 64.0 Å². The zero-order valence-electron chi connectivity index (χ0n) is 7.62. The van der Waals surface area contributed by atoms with Crippen LogP contribution < -0.4 is 0 Å². The van der Waals surface area contributed by atoms with Crippen LogP contribution in [0.4, 0.5) is 0 Å². The van der Waals surface area contributed by atoms with Crippen molar-refractivity contribution in [3.63, 3.8) is 0 Å². The molecule has 0 aliphatic heterocycles. The molecule has 10 heavy (non-hydrogen) atoms. The fraction of sp³-hybridized carbons (Fsp3) is 1.00. The summed E-state index contributed by atoms with van der Waals surface area (Å²) in [4.78, 5) is 0. The zero-order valence-corrected chi connectivity index (χ0v) is 7.62. The lowest BCUT2D eigenvalue weighted by atomic mass is 9.59. The van der Waals surface area contributed by atoms with Crippen LogP contribution in [0.15, 0.2) is 0 Å². The molecule has 0 bridgehead atoms. The predicted octanol–water partition coefficient (Wildman–Crippen LogP) is 3.22. The van der Waals surface area contributed by atoms with Gasteiger partial charge in [-0.1, -0.05) is 27.7 Å². The van der Waals surface area contributed by atoms with Gasteiger partial charge in [-0.05, 0) is 35.5 Å². The first-order chi connectivity index (χ1) is 4.37. The molecule has 0 aromatic carbocycles. The first kappa shape index (κ1) is 6.69. The maximum Gasteiger partial charge on any atom is -0.0231 e. The number of hydrogen-bond donors (Lipinski definition) is 0. The minimum atomic E-state index is 0.674. The third kappa shape index (κ3) is 0.627. The summed E-state index contributed by atoms with van der Waals surface area (Å²) in [6.07, 6.45) is 4.45. The topological polar surface area (TPSA) is 0 Å². The molecule has 2 fully saturated rings. The Balaban J connectivity index is 2.05. The van der Waals surface area contributed by atoms with Gasteiger partial charge >= 0.3 is 0 Å². The summed E-state index contributed by atoms with van der Waals surface area (Å²) in [5, 5.41) is 0. The molecule has 0 unspecified atom stereocenters. The van der Waals surface area contributed by atoms with Crippen LogP contribution in [0.3, 0.4) is 0 Å². The van der Waals surface area contributed by atoms with Crippen LogP contribution in [0.2, 0.25) is 0 Å². The summed E-state index contributed by atoms with van der Waals surface area (Å²) in [5.41, 5.74) is 2.17. The van der Waals surface area contributed by atoms with Gasteiger partial charge in [0.05, 0.1) is 0 Å². The van der Waals surface area contributed by atoms with Gasteiger partial charge in [-0.3, -0.25) is 0 Å². The van der Waals surface area contributed by atoms with Gasteiger partial charge in [0.1, 0.15) is 0 Å². The molecule has 0 saturated heterocycles. The fourth-order valence-electron chi connectivity index (χ4n) is 3.19. The molecule has 1 spiro atoms. The summed E-state index contributed by atoms with van der Waals surface area (Å²) < 4.78 is 0. The molecule has 0 aromatic heterocycles. The van der Waals surface area contributed by atoms with Crippen LogP contribution in [0.5, 0.6) is 0 Å². The van der Waals surface area contributed by atoms with E-state index in [2.05, 4.69) is 27.7 Å². The molecule has 0 aromatic rings. The smallest absolute Gasteiger partial charge is 0.0231 e. The summed E-state index contributed by atoms with van der Waals surface area (Å²) in [6.45, 7) is 9.63. The largest absolute Gasteiger partial charge is 0.0599 e. The van der Waals surface area contributed by atoms with Gasteiger partial charge in [0.2, 0.25) is 0 Å². The standard InChI is InChI=1S/C10H18/c1-8(2)5-10(6-8)7-9(10,3)4/h5-7H2,1-4H3. The van der Waals surface area contributed by atoms with Gasteiger partial charge in [0, 0.05) is 0 Å². The van der Waals surface area contributed by atoms with Gasteiger partial charge in [-0.2, -0.15) is 0 Å². The van der Waals surface area contributed by atoms with E-state index < -0.39 is 0 Å². The normalized spacial score (nSPS) is 37.2. The number of rotatable bonds is 0. The third-order valence-electron chi connectivity index (χ3n) is 3.72. The monoisotopic (exact) mass is 138 g/mol. The Bertz CT molecular complexity index is 166. The van der Waals surface area contributed by atoms with Crippen molar-refractivity contribution in [3.05, 3.63) is 0 Å². The summed E-state index contributed by atoms with van der Waals surface area (Å²) in [5.74, 6) is 0. The fourth-order valence-corrected chi connectivity index (χ4v) is 3.19. The van der Waals surface area contributed by atoms with Crippen molar-refractivity contribution < 1.29 is 0 Å². The second-order valence-corrected chi connectivity index (χ2v) is 5.86. The van der Waals surface area contributed by atoms with Crippen LogP contribution in [0, 0.1) is 16.2 Å². The van der Waals surface area contributed by atoms with E-state index in [9.17, 15) is 0 Å². The first-order valence-electron chi connectivity index (χ1n) is 4.37. The van der Waals surface area contributed by atoms with Gasteiger partial charge in [0.15, 0.2) is 0 Å². The van der Waals surface area contributed by atoms with Gasteiger partial charge in [0.25, 0.3) is 0 Å². The SMILES string of the molecule is CC1(C)CC2(C1)CC2(C)C. The van der Waals surface area contributed by atoms with Gasteiger partial charge in [-0.25, -0.2) is 0 Å². The lowest BCUT2D eigenvalue weighted by molar-refractivity contribution is 0.0456. The molecular formula is C10H18. The van der Waals surface area contributed by atoms with Crippen molar-refractivity contribution in [1.29, 1.82) is 0 Å². The lowest BCUT2D eigenvalue weighted by Gasteiger charge is -2.46. The highest BCUT2D eigenvalue weighted by Crippen LogP contribution is 2.78. The summed E-state index contributed by atoms with van der Waals surface area (Å²) in [7, 11) is 0. The van der Waals surface area contributed by atoms with Gasteiger partial charge in [-0.15, -0.1) is 0 Å². The Kier molecular flexibility index (Phi) is 0.874. The molecule has 0 nitrogen and oxygen atoms in total. The molecule has 0 radical (unpaired) electrons. The summed E-state index contributed by atoms with van der Waals surface area (Å²) in [6, 6.07) is 0. The van der Waals surface area contributed by atoms with Crippen molar-refractivity contribution in [2.75, 3.05) is 0 Å². The third-order valence-corrected chi connectivity index (χ3v) is 3.72. The van der Waals surface area contributed by atoms with Crippen LogP contribution in [0.25, 0.3) is 0 Å². The molecule has 2 saturated carbocycles. The predicted molar refractivity (Wildman–Crippen MR) is 43.8 cm³/mol. The molecule has 2 aliphatic rings. The van der Waals surface area contributed by atoms with Crippen LogP contribution in [-0.4, -0.2) is 0 Å². The molecule has 0 N–H and O–H groups in total. The maximum atomic E-state index is 2.42. The van der Waals surface area contributed by atoms with E-state index in [0.717, 1.165) is 5.41 Å². The first-order valence-corrected chi connectivity index (χ1v) is 4.37.